The number of hydrogen-bond donors (Lipinski definition) is 3. The Balaban J connectivity index is 1.73. The lowest BCUT2D eigenvalue weighted by Gasteiger charge is -2.34. The molecule has 3 amide bonds. The Hall–Kier alpha value is -2.45. The van der Waals surface area contributed by atoms with Crippen LogP contribution in [0.25, 0.3) is 0 Å². The van der Waals surface area contributed by atoms with E-state index in [-0.39, 0.29) is 24.3 Å². The summed E-state index contributed by atoms with van der Waals surface area (Å²) in [5.41, 5.74) is 0.917. The molecule has 0 saturated carbocycles. The molecule has 3 saturated heterocycles. The number of carbonyl (C=O) groups is 3. The molecule has 0 radical (unpaired) electrons. The van der Waals surface area contributed by atoms with E-state index in [1.165, 1.54) is 0 Å². The third kappa shape index (κ3) is 3.62. The Morgan fingerprint density at radius 3 is 2.47 bits per heavy atom. The van der Waals surface area contributed by atoms with Crippen LogP contribution in [-0.4, -0.2) is 65.2 Å². The third-order valence-corrected chi connectivity index (χ3v) is 8.24. The summed E-state index contributed by atoms with van der Waals surface area (Å²) in [5.74, 6) is -1.92. The Labute approximate surface area is 201 Å². The molecule has 34 heavy (non-hydrogen) atoms. The highest BCUT2D eigenvalue weighted by atomic mass is 16.5. The van der Waals surface area contributed by atoms with Crippen LogP contribution in [0.15, 0.2) is 18.2 Å². The van der Waals surface area contributed by atoms with Gasteiger partial charge in [-0.1, -0.05) is 25.1 Å². The molecule has 0 aromatic heterocycles. The van der Waals surface area contributed by atoms with Gasteiger partial charge in [-0.05, 0) is 63.5 Å². The van der Waals surface area contributed by atoms with Crippen molar-refractivity contribution in [2.75, 3.05) is 25.5 Å². The third-order valence-electron chi connectivity index (χ3n) is 8.24. The second-order valence-electron chi connectivity index (χ2n) is 10.0. The maximum absolute atomic E-state index is 13.9. The first-order valence-electron chi connectivity index (χ1n) is 12.5. The molecule has 186 valence electrons. The number of benzene rings is 1. The number of aliphatic hydroxyl groups excluding tert-OH is 1. The Kier molecular flexibility index (Phi) is 6.75. The number of likely N-dealkylation sites (tertiary alicyclic amines) is 1. The van der Waals surface area contributed by atoms with Crippen LogP contribution >= 0.6 is 0 Å². The molecule has 1 aromatic carbocycles. The number of para-hydroxylation sites is 1. The van der Waals surface area contributed by atoms with Crippen LogP contribution in [0.2, 0.25) is 0 Å². The predicted octanol–water partition coefficient (Wildman–Crippen LogP) is 2.31. The highest BCUT2D eigenvalue weighted by Crippen LogP contribution is 2.64. The Morgan fingerprint density at radius 1 is 1.15 bits per heavy atom. The van der Waals surface area contributed by atoms with Crippen molar-refractivity contribution in [2.45, 2.75) is 76.5 Å². The number of nitrogens with zero attached hydrogens (tertiary/aromatic N) is 1. The van der Waals surface area contributed by atoms with Gasteiger partial charge in [0, 0.05) is 25.9 Å². The van der Waals surface area contributed by atoms with Gasteiger partial charge in [-0.25, -0.2) is 0 Å². The summed E-state index contributed by atoms with van der Waals surface area (Å²) in [6, 6.07) is 5.03. The smallest absolute Gasteiger partial charge is 0.250 e. The molecule has 1 aromatic rings. The van der Waals surface area contributed by atoms with E-state index in [9.17, 15) is 14.4 Å². The van der Waals surface area contributed by atoms with Crippen molar-refractivity contribution in [1.29, 1.82) is 0 Å². The largest absolute Gasteiger partial charge is 0.396 e. The SMILES string of the molecule is CC[C@@]12CCC3(O1)C(C(=O)Nc1c(C)cccc1C)N(CCCCCO)C(=O)[C@@H]3[C@@H]2C(=O)NC. The lowest BCUT2D eigenvalue weighted by Crippen LogP contribution is -2.53. The second kappa shape index (κ2) is 9.30. The molecule has 2 unspecified atom stereocenters. The Morgan fingerprint density at radius 2 is 1.85 bits per heavy atom. The van der Waals surface area contributed by atoms with Crippen LogP contribution < -0.4 is 10.6 Å². The number of nitrogens with one attached hydrogen (secondary N) is 2. The number of anilines is 1. The first-order valence-corrected chi connectivity index (χ1v) is 12.5. The zero-order chi connectivity index (χ0) is 24.7. The van der Waals surface area contributed by atoms with Crippen molar-refractivity contribution in [3.05, 3.63) is 29.3 Å². The average molecular weight is 472 g/mol. The summed E-state index contributed by atoms with van der Waals surface area (Å²) >= 11 is 0. The first kappa shape index (κ1) is 24.7. The number of aliphatic hydroxyl groups is 1. The summed E-state index contributed by atoms with van der Waals surface area (Å²) in [5, 5.41) is 15.0. The van der Waals surface area contributed by atoms with Crippen molar-refractivity contribution in [3.63, 3.8) is 0 Å². The van der Waals surface area contributed by atoms with Gasteiger partial charge in [-0.3, -0.25) is 14.4 Å². The molecule has 2 bridgehead atoms. The zero-order valence-corrected chi connectivity index (χ0v) is 20.6. The number of hydrogen-bond acceptors (Lipinski definition) is 5. The summed E-state index contributed by atoms with van der Waals surface area (Å²) in [6.07, 6.45) is 3.90. The summed E-state index contributed by atoms with van der Waals surface area (Å²) in [4.78, 5) is 42.4. The molecule has 3 aliphatic rings. The number of ether oxygens (including phenoxy) is 1. The molecular formula is C26H37N3O5. The van der Waals surface area contributed by atoms with Crippen molar-refractivity contribution < 1.29 is 24.2 Å². The van der Waals surface area contributed by atoms with E-state index in [0.717, 1.165) is 23.2 Å². The van der Waals surface area contributed by atoms with Gasteiger partial charge in [-0.15, -0.1) is 0 Å². The molecule has 3 fully saturated rings. The first-order chi connectivity index (χ1) is 16.3. The van der Waals surface area contributed by atoms with E-state index in [4.69, 9.17) is 9.84 Å². The van der Waals surface area contributed by atoms with Crippen LogP contribution in [0, 0.1) is 25.7 Å². The van der Waals surface area contributed by atoms with Crippen LogP contribution in [0.1, 0.15) is 56.6 Å². The average Bonchev–Trinajstić information content (AvgIpc) is 3.42. The molecule has 3 aliphatic heterocycles. The molecule has 5 atom stereocenters. The van der Waals surface area contributed by atoms with Crippen molar-refractivity contribution in [2.24, 2.45) is 11.8 Å². The lowest BCUT2D eigenvalue weighted by molar-refractivity contribution is -0.145. The van der Waals surface area contributed by atoms with Gasteiger partial charge in [-0.2, -0.15) is 0 Å². The maximum atomic E-state index is 13.9. The minimum atomic E-state index is -1.01. The Bertz CT molecular complexity index is 961. The van der Waals surface area contributed by atoms with E-state index < -0.39 is 29.1 Å². The number of aryl methyl sites for hydroxylation is 2. The number of rotatable bonds is 9. The fraction of sp³-hybridized carbons (Fsp3) is 0.654. The number of unbranched alkanes of at least 4 members (excludes halogenated alkanes) is 2. The van der Waals surface area contributed by atoms with Crippen LogP contribution in [-0.2, 0) is 19.1 Å². The van der Waals surface area contributed by atoms with Crippen LogP contribution in [0.3, 0.4) is 0 Å². The predicted molar refractivity (Wildman–Crippen MR) is 128 cm³/mol. The zero-order valence-electron chi connectivity index (χ0n) is 20.6. The van der Waals surface area contributed by atoms with Gasteiger partial charge < -0.3 is 25.4 Å². The molecule has 4 rings (SSSR count). The van der Waals surface area contributed by atoms with E-state index in [0.29, 0.717) is 38.6 Å². The van der Waals surface area contributed by atoms with Gasteiger partial charge in [0.05, 0.1) is 17.4 Å². The van der Waals surface area contributed by atoms with E-state index in [1.807, 2.05) is 39.0 Å². The van der Waals surface area contributed by atoms with Gasteiger partial charge in [0.2, 0.25) is 17.7 Å². The van der Waals surface area contributed by atoms with Gasteiger partial charge in [0.1, 0.15) is 11.6 Å². The molecule has 8 heteroatoms. The topological polar surface area (TPSA) is 108 Å². The molecule has 8 nitrogen and oxygen atoms in total. The quantitative estimate of drug-likeness (QED) is 0.479. The number of carbonyl (C=O) groups excluding carboxylic acids is 3. The van der Waals surface area contributed by atoms with Gasteiger partial charge >= 0.3 is 0 Å². The summed E-state index contributed by atoms with van der Waals surface area (Å²) in [7, 11) is 1.58. The maximum Gasteiger partial charge on any atom is 0.250 e. The highest BCUT2D eigenvalue weighted by Gasteiger charge is 2.78. The molecular weight excluding hydrogens is 434 g/mol. The fourth-order valence-electron chi connectivity index (χ4n) is 6.59. The van der Waals surface area contributed by atoms with E-state index in [2.05, 4.69) is 10.6 Å². The minimum absolute atomic E-state index is 0.0951. The van der Waals surface area contributed by atoms with E-state index >= 15 is 0 Å². The summed E-state index contributed by atoms with van der Waals surface area (Å²) < 4.78 is 6.69. The standard InChI is InChI=1S/C26H37N3O5/c1-5-25-12-13-26(34-25)19(18(25)22(31)27-4)24(33)29(14-7-6-8-15-30)21(26)23(32)28-20-16(2)10-9-11-17(20)3/h9-11,18-19,21,30H,5-8,12-15H2,1-4H3,(H,27,31)(H,28,32)/t18-,19+,21?,25+,26?/m1/s1. The second-order valence-corrected chi connectivity index (χ2v) is 10.0. The molecule has 0 aliphatic carbocycles. The van der Waals surface area contributed by atoms with Crippen LogP contribution in [0.5, 0.6) is 0 Å². The normalized spacial score (nSPS) is 31.6. The van der Waals surface area contributed by atoms with E-state index in [1.54, 1.807) is 11.9 Å². The molecule has 3 N–H and O–H groups in total. The van der Waals surface area contributed by atoms with Gasteiger partial charge in [0.15, 0.2) is 0 Å². The minimum Gasteiger partial charge on any atom is -0.396 e. The highest BCUT2D eigenvalue weighted by molar-refractivity contribution is 6.04. The van der Waals surface area contributed by atoms with Crippen molar-refractivity contribution in [3.8, 4) is 0 Å². The molecule has 1 spiro atoms. The van der Waals surface area contributed by atoms with Crippen molar-refractivity contribution in [1.82, 2.24) is 10.2 Å². The molecule has 3 heterocycles. The van der Waals surface area contributed by atoms with Crippen molar-refractivity contribution >= 4 is 23.4 Å². The number of fused-ring (bicyclic) bond motifs is 1. The van der Waals surface area contributed by atoms with Crippen LogP contribution in [0.4, 0.5) is 5.69 Å². The summed E-state index contributed by atoms with van der Waals surface area (Å²) in [6.45, 7) is 6.37. The lowest BCUT2D eigenvalue weighted by atomic mass is 9.65. The van der Waals surface area contributed by atoms with Gasteiger partial charge in [0.25, 0.3) is 0 Å². The number of amides is 3. The monoisotopic (exact) mass is 471 g/mol. The fourth-order valence-corrected chi connectivity index (χ4v) is 6.59.